The van der Waals surface area contributed by atoms with Crippen molar-refractivity contribution >= 4 is 23.4 Å². The van der Waals surface area contributed by atoms with E-state index in [0.717, 1.165) is 5.56 Å². The minimum absolute atomic E-state index is 0.0121. The Balaban J connectivity index is 1.67. The minimum Gasteiger partial charge on any atom is -0.391 e. The van der Waals surface area contributed by atoms with Gasteiger partial charge in [-0.2, -0.15) is 0 Å². The second kappa shape index (κ2) is 8.10. The zero-order valence-electron chi connectivity index (χ0n) is 15.3. The number of likely N-dealkylation sites (N-methyl/N-ethyl adjacent to an activating group) is 1. The summed E-state index contributed by atoms with van der Waals surface area (Å²) in [4.78, 5) is 28.5. The maximum Gasteiger partial charge on any atom is 0.245 e. The highest BCUT2D eigenvalue weighted by molar-refractivity contribution is 6.30. The standard InChI is InChI=1S/C19H22ClN3O4/c1-12-7-16(27-21-12)9-18(25)23-11-15(24)8-17(23)19(26)22(2)10-13-3-5-14(20)6-4-13/h3-7,15,17,24H,8-11H2,1-2H3/t15-,17-/m0/s1. The van der Waals surface area contributed by atoms with E-state index in [1.807, 2.05) is 12.1 Å². The van der Waals surface area contributed by atoms with Crippen molar-refractivity contribution in [2.24, 2.45) is 0 Å². The molecule has 1 saturated heterocycles. The van der Waals surface area contributed by atoms with Gasteiger partial charge in [0, 0.05) is 37.6 Å². The van der Waals surface area contributed by atoms with Crippen LogP contribution in [0, 0.1) is 6.92 Å². The van der Waals surface area contributed by atoms with E-state index >= 15 is 0 Å². The number of halogens is 1. The van der Waals surface area contributed by atoms with Gasteiger partial charge >= 0.3 is 0 Å². The number of nitrogens with zero attached hydrogens (tertiary/aromatic N) is 3. The van der Waals surface area contributed by atoms with Crippen molar-refractivity contribution in [2.75, 3.05) is 13.6 Å². The lowest BCUT2D eigenvalue weighted by Gasteiger charge is -2.27. The SMILES string of the molecule is Cc1cc(CC(=O)N2C[C@@H](O)C[C@H]2C(=O)N(C)Cc2ccc(Cl)cc2)on1. The summed E-state index contributed by atoms with van der Waals surface area (Å²) in [6.45, 7) is 2.30. The molecule has 1 N–H and O–H groups in total. The van der Waals surface area contributed by atoms with E-state index in [2.05, 4.69) is 5.16 Å². The highest BCUT2D eigenvalue weighted by Crippen LogP contribution is 2.22. The number of hydrogen-bond donors (Lipinski definition) is 1. The normalized spacial score (nSPS) is 19.3. The fourth-order valence-corrected chi connectivity index (χ4v) is 3.40. The summed E-state index contributed by atoms with van der Waals surface area (Å²) in [6.07, 6.45) is -0.480. The predicted molar refractivity (Wildman–Crippen MR) is 99.0 cm³/mol. The van der Waals surface area contributed by atoms with Gasteiger partial charge in [-0.25, -0.2) is 0 Å². The first-order chi connectivity index (χ1) is 12.8. The number of aliphatic hydroxyl groups is 1. The van der Waals surface area contributed by atoms with Gasteiger partial charge in [0.15, 0.2) is 0 Å². The highest BCUT2D eigenvalue weighted by Gasteiger charge is 2.40. The van der Waals surface area contributed by atoms with Crippen LogP contribution in [0.5, 0.6) is 0 Å². The first kappa shape index (κ1) is 19.4. The topological polar surface area (TPSA) is 86.9 Å². The second-order valence-electron chi connectivity index (χ2n) is 6.88. The first-order valence-corrected chi connectivity index (χ1v) is 9.10. The molecule has 0 spiro atoms. The molecular weight excluding hydrogens is 370 g/mol. The smallest absolute Gasteiger partial charge is 0.245 e. The van der Waals surface area contributed by atoms with Crippen LogP contribution >= 0.6 is 11.6 Å². The molecule has 144 valence electrons. The van der Waals surface area contributed by atoms with Gasteiger partial charge < -0.3 is 19.4 Å². The number of rotatable bonds is 5. The largest absolute Gasteiger partial charge is 0.391 e. The molecule has 1 aromatic carbocycles. The molecule has 1 aliphatic rings. The van der Waals surface area contributed by atoms with Crippen molar-refractivity contribution in [1.82, 2.24) is 15.0 Å². The average molecular weight is 392 g/mol. The summed E-state index contributed by atoms with van der Waals surface area (Å²) in [5, 5.41) is 14.4. The number of aromatic nitrogens is 1. The summed E-state index contributed by atoms with van der Waals surface area (Å²) >= 11 is 5.89. The molecule has 2 aromatic rings. The lowest BCUT2D eigenvalue weighted by atomic mass is 10.1. The molecule has 8 heteroatoms. The van der Waals surface area contributed by atoms with Gasteiger partial charge in [0.25, 0.3) is 0 Å². The third kappa shape index (κ3) is 4.67. The number of likely N-dealkylation sites (tertiary alicyclic amines) is 1. The Morgan fingerprint density at radius 2 is 2.07 bits per heavy atom. The van der Waals surface area contributed by atoms with E-state index in [1.54, 1.807) is 37.1 Å². The lowest BCUT2D eigenvalue weighted by molar-refractivity contribution is -0.143. The fourth-order valence-electron chi connectivity index (χ4n) is 3.27. The van der Waals surface area contributed by atoms with Gasteiger partial charge in [0.2, 0.25) is 11.8 Å². The first-order valence-electron chi connectivity index (χ1n) is 8.72. The van der Waals surface area contributed by atoms with Gasteiger partial charge in [-0.05, 0) is 24.6 Å². The van der Waals surface area contributed by atoms with Gasteiger partial charge in [-0.1, -0.05) is 28.9 Å². The number of amides is 2. The summed E-state index contributed by atoms with van der Waals surface area (Å²) in [6, 6.07) is 8.24. The number of benzene rings is 1. The number of carbonyl (C=O) groups is 2. The van der Waals surface area contributed by atoms with Gasteiger partial charge in [-0.15, -0.1) is 0 Å². The Morgan fingerprint density at radius 1 is 1.37 bits per heavy atom. The predicted octanol–water partition coefficient (Wildman–Crippen LogP) is 1.80. The molecule has 0 aliphatic carbocycles. The Kier molecular flexibility index (Phi) is 5.82. The highest BCUT2D eigenvalue weighted by atomic mass is 35.5. The van der Waals surface area contributed by atoms with E-state index < -0.39 is 12.1 Å². The number of hydrogen-bond acceptors (Lipinski definition) is 5. The van der Waals surface area contributed by atoms with Crippen LogP contribution in [0.4, 0.5) is 0 Å². The minimum atomic E-state index is -0.719. The van der Waals surface area contributed by atoms with E-state index in [-0.39, 0.29) is 31.2 Å². The Morgan fingerprint density at radius 3 is 2.70 bits per heavy atom. The maximum atomic E-state index is 12.9. The summed E-state index contributed by atoms with van der Waals surface area (Å²) in [5.41, 5.74) is 1.62. The fraction of sp³-hybridized carbons (Fsp3) is 0.421. The molecular formula is C19H22ClN3O4. The van der Waals surface area contributed by atoms with Gasteiger partial charge in [0.1, 0.15) is 11.8 Å². The zero-order valence-corrected chi connectivity index (χ0v) is 16.0. The molecule has 27 heavy (non-hydrogen) atoms. The lowest BCUT2D eigenvalue weighted by Crippen LogP contribution is -2.46. The van der Waals surface area contributed by atoms with E-state index in [9.17, 15) is 14.7 Å². The number of aliphatic hydroxyl groups excluding tert-OH is 1. The van der Waals surface area contributed by atoms with Crippen LogP contribution in [0.3, 0.4) is 0 Å². The number of aryl methyl sites for hydroxylation is 1. The van der Waals surface area contributed by atoms with Crippen molar-refractivity contribution in [3.8, 4) is 0 Å². The third-order valence-corrected chi connectivity index (χ3v) is 4.85. The van der Waals surface area contributed by atoms with Gasteiger partial charge in [-0.3, -0.25) is 9.59 Å². The summed E-state index contributed by atoms with van der Waals surface area (Å²) < 4.78 is 5.09. The molecule has 0 radical (unpaired) electrons. The maximum absolute atomic E-state index is 12.9. The molecule has 2 heterocycles. The molecule has 1 fully saturated rings. The molecule has 1 aromatic heterocycles. The molecule has 2 amide bonds. The number of carbonyl (C=O) groups excluding carboxylic acids is 2. The van der Waals surface area contributed by atoms with E-state index in [0.29, 0.717) is 23.0 Å². The van der Waals surface area contributed by atoms with Crippen LogP contribution in [-0.2, 0) is 22.6 Å². The molecule has 0 bridgehead atoms. The van der Waals surface area contributed by atoms with Crippen molar-refractivity contribution in [1.29, 1.82) is 0 Å². The van der Waals surface area contributed by atoms with Crippen LogP contribution in [0.15, 0.2) is 34.9 Å². The van der Waals surface area contributed by atoms with Crippen LogP contribution < -0.4 is 0 Å². The van der Waals surface area contributed by atoms with E-state index in [4.69, 9.17) is 16.1 Å². The Labute approximate surface area is 162 Å². The van der Waals surface area contributed by atoms with Crippen molar-refractivity contribution in [3.63, 3.8) is 0 Å². The molecule has 0 saturated carbocycles. The second-order valence-corrected chi connectivity index (χ2v) is 7.32. The summed E-state index contributed by atoms with van der Waals surface area (Å²) in [5.74, 6) is -0.0239. The van der Waals surface area contributed by atoms with Crippen LogP contribution in [0.1, 0.15) is 23.4 Å². The molecule has 3 rings (SSSR count). The Bertz CT molecular complexity index is 821. The third-order valence-electron chi connectivity index (χ3n) is 4.60. The van der Waals surface area contributed by atoms with E-state index in [1.165, 1.54) is 4.90 Å². The van der Waals surface area contributed by atoms with Gasteiger partial charge in [0.05, 0.1) is 18.2 Å². The summed E-state index contributed by atoms with van der Waals surface area (Å²) in [7, 11) is 1.68. The Hall–Kier alpha value is -2.38. The van der Waals surface area contributed by atoms with Crippen LogP contribution in [0.25, 0.3) is 0 Å². The van der Waals surface area contributed by atoms with Crippen molar-refractivity contribution < 1.29 is 19.2 Å². The molecule has 1 aliphatic heterocycles. The van der Waals surface area contributed by atoms with Crippen LogP contribution in [0.2, 0.25) is 5.02 Å². The zero-order chi connectivity index (χ0) is 19.6. The molecule has 2 atom stereocenters. The average Bonchev–Trinajstić information content (AvgIpc) is 3.21. The monoisotopic (exact) mass is 391 g/mol. The van der Waals surface area contributed by atoms with Crippen molar-refractivity contribution in [3.05, 3.63) is 52.4 Å². The molecule has 0 unspecified atom stereocenters. The quantitative estimate of drug-likeness (QED) is 0.839. The number of β-amino-alcohol motifs (C(OH)–C–C–N with tert-alkyl or cyclic N) is 1. The molecule has 7 nitrogen and oxygen atoms in total. The van der Waals surface area contributed by atoms with Crippen LogP contribution in [-0.4, -0.2) is 57.6 Å². The van der Waals surface area contributed by atoms with Crippen molar-refractivity contribution in [2.45, 2.75) is 38.5 Å².